The van der Waals surface area contributed by atoms with Crippen LogP contribution < -0.4 is 15.4 Å². The highest BCUT2D eigenvalue weighted by molar-refractivity contribution is 5.85. The Labute approximate surface area is 135 Å². The Kier molecular flexibility index (Phi) is 5.41. The van der Waals surface area contributed by atoms with Gasteiger partial charge in [0.05, 0.1) is 13.7 Å². The highest BCUT2D eigenvalue weighted by Gasteiger charge is 2.06. The average molecular weight is 315 g/mol. The molecule has 0 aliphatic carbocycles. The Bertz CT molecular complexity index is 713. The number of nitrogens with zero attached hydrogens (tertiary/aromatic N) is 1. The molecule has 6 nitrogen and oxygen atoms in total. The quantitative estimate of drug-likeness (QED) is 0.883. The number of benzene rings is 2. The van der Waals surface area contributed by atoms with Gasteiger partial charge in [0.1, 0.15) is 5.75 Å². The molecule has 0 saturated carbocycles. The predicted octanol–water partition coefficient (Wildman–Crippen LogP) is 1.74. The number of carbonyl (C=O) groups excluding carboxylic acids is 2. The van der Waals surface area contributed by atoms with Gasteiger partial charge in [0.15, 0.2) is 0 Å². The second-order valence-corrected chi connectivity index (χ2v) is 5.37. The zero-order chi connectivity index (χ0) is 16.8. The fourth-order valence-electron chi connectivity index (χ4n) is 2.07. The Morgan fingerprint density at radius 2 is 1.74 bits per heavy atom. The number of methoxy groups -OCH3 is 1. The largest absolute Gasteiger partial charge is 0.497 e. The molecule has 0 spiro atoms. The third-order valence-electron chi connectivity index (χ3n) is 3.46. The number of nitrogens with one attached hydrogen (secondary N) is 2. The lowest BCUT2D eigenvalue weighted by Crippen LogP contribution is -2.41. The van der Waals surface area contributed by atoms with E-state index in [1.807, 2.05) is 36.4 Å². The van der Waals surface area contributed by atoms with Gasteiger partial charge in [-0.1, -0.05) is 18.2 Å². The van der Waals surface area contributed by atoms with Crippen molar-refractivity contribution in [3.63, 3.8) is 0 Å². The van der Waals surface area contributed by atoms with Crippen molar-refractivity contribution < 1.29 is 14.3 Å². The summed E-state index contributed by atoms with van der Waals surface area (Å²) in [4.78, 5) is 24.5. The van der Waals surface area contributed by atoms with Gasteiger partial charge in [0.25, 0.3) is 0 Å². The molecule has 0 aliphatic rings. The van der Waals surface area contributed by atoms with Crippen LogP contribution in [0, 0.1) is 0 Å². The fourth-order valence-corrected chi connectivity index (χ4v) is 2.07. The molecular formula is C17H21N3O3. The van der Waals surface area contributed by atoms with Crippen molar-refractivity contribution in [2.75, 3.05) is 27.7 Å². The second-order valence-electron chi connectivity index (χ2n) is 5.37. The molecule has 23 heavy (non-hydrogen) atoms. The van der Waals surface area contributed by atoms with Crippen LogP contribution in [-0.2, 0) is 11.3 Å². The third kappa shape index (κ3) is 4.60. The summed E-state index contributed by atoms with van der Waals surface area (Å²) in [5.74, 6) is 0.660. The van der Waals surface area contributed by atoms with E-state index in [0.29, 0.717) is 6.54 Å². The summed E-state index contributed by atoms with van der Waals surface area (Å²) >= 11 is 0. The Hall–Kier alpha value is -2.76. The highest BCUT2D eigenvalue weighted by atomic mass is 16.5. The standard InChI is InChI=1S/C17H21N3O3/c1-20(2)16(21)11-19-17(22)18-10-12-4-5-14-9-15(23-3)7-6-13(14)8-12/h4-9H,10-11H2,1-3H3,(H2,18,19,22). The number of likely N-dealkylation sites (N-methyl/N-ethyl adjacent to an activating group) is 1. The van der Waals surface area contributed by atoms with Crippen LogP contribution >= 0.6 is 0 Å². The van der Waals surface area contributed by atoms with Gasteiger partial charge in [-0.25, -0.2) is 4.79 Å². The fraction of sp³-hybridized carbons (Fsp3) is 0.294. The van der Waals surface area contributed by atoms with Gasteiger partial charge in [-0.2, -0.15) is 0 Å². The van der Waals surface area contributed by atoms with E-state index >= 15 is 0 Å². The van der Waals surface area contributed by atoms with Crippen molar-refractivity contribution in [3.05, 3.63) is 42.0 Å². The molecule has 3 amide bonds. The van der Waals surface area contributed by atoms with Crippen molar-refractivity contribution in [2.24, 2.45) is 0 Å². The van der Waals surface area contributed by atoms with Crippen molar-refractivity contribution >= 4 is 22.7 Å². The molecule has 0 saturated heterocycles. The minimum atomic E-state index is -0.366. The molecule has 0 atom stereocenters. The molecule has 0 radical (unpaired) electrons. The lowest BCUT2D eigenvalue weighted by molar-refractivity contribution is -0.127. The molecule has 6 heteroatoms. The molecule has 2 aromatic rings. The van der Waals surface area contributed by atoms with Crippen LogP contribution in [0.2, 0.25) is 0 Å². The molecule has 2 N–H and O–H groups in total. The zero-order valence-corrected chi connectivity index (χ0v) is 13.6. The van der Waals surface area contributed by atoms with Gasteiger partial charge in [0.2, 0.25) is 5.91 Å². The number of hydrogen-bond donors (Lipinski definition) is 2. The van der Waals surface area contributed by atoms with E-state index in [9.17, 15) is 9.59 Å². The highest BCUT2D eigenvalue weighted by Crippen LogP contribution is 2.21. The summed E-state index contributed by atoms with van der Waals surface area (Å²) in [5.41, 5.74) is 0.983. The van der Waals surface area contributed by atoms with Crippen LogP contribution in [0.15, 0.2) is 36.4 Å². The van der Waals surface area contributed by atoms with Gasteiger partial charge in [-0.15, -0.1) is 0 Å². The predicted molar refractivity (Wildman–Crippen MR) is 89.4 cm³/mol. The van der Waals surface area contributed by atoms with Crippen molar-refractivity contribution in [3.8, 4) is 5.75 Å². The van der Waals surface area contributed by atoms with E-state index in [1.54, 1.807) is 21.2 Å². The lowest BCUT2D eigenvalue weighted by atomic mass is 10.1. The SMILES string of the molecule is COc1ccc2cc(CNC(=O)NCC(=O)N(C)C)ccc2c1. The molecule has 0 aromatic heterocycles. The van der Waals surface area contributed by atoms with Crippen LogP contribution in [0.5, 0.6) is 5.75 Å². The molecule has 0 unspecified atom stereocenters. The Balaban J connectivity index is 1.91. The van der Waals surface area contributed by atoms with E-state index in [1.165, 1.54) is 4.90 Å². The topological polar surface area (TPSA) is 70.7 Å². The van der Waals surface area contributed by atoms with E-state index in [0.717, 1.165) is 22.1 Å². The summed E-state index contributed by atoms with van der Waals surface area (Å²) in [6.07, 6.45) is 0. The maximum absolute atomic E-state index is 11.7. The normalized spacial score (nSPS) is 10.2. The monoisotopic (exact) mass is 315 g/mol. The molecule has 2 rings (SSSR count). The molecule has 0 bridgehead atoms. The average Bonchev–Trinajstić information content (AvgIpc) is 2.56. The first-order chi connectivity index (χ1) is 11.0. The van der Waals surface area contributed by atoms with E-state index in [-0.39, 0.29) is 18.5 Å². The first kappa shape index (κ1) is 16.6. The number of hydrogen-bond acceptors (Lipinski definition) is 3. The number of ether oxygens (including phenoxy) is 1. The Morgan fingerprint density at radius 1 is 1.04 bits per heavy atom. The van der Waals surface area contributed by atoms with E-state index < -0.39 is 0 Å². The molecular weight excluding hydrogens is 294 g/mol. The summed E-state index contributed by atoms with van der Waals surface area (Å²) in [5, 5.41) is 7.42. The minimum Gasteiger partial charge on any atom is -0.497 e. The Morgan fingerprint density at radius 3 is 2.43 bits per heavy atom. The molecule has 0 heterocycles. The van der Waals surface area contributed by atoms with Gasteiger partial charge in [-0.05, 0) is 34.5 Å². The van der Waals surface area contributed by atoms with Crippen molar-refractivity contribution in [1.82, 2.24) is 15.5 Å². The molecule has 0 fully saturated rings. The van der Waals surface area contributed by atoms with Gasteiger partial charge < -0.3 is 20.3 Å². The van der Waals surface area contributed by atoms with Crippen LogP contribution in [0.4, 0.5) is 4.79 Å². The molecule has 0 aliphatic heterocycles. The van der Waals surface area contributed by atoms with Gasteiger partial charge >= 0.3 is 6.03 Å². The zero-order valence-electron chi connectivity index (χ0n) is 13.6. The van der Waals surface area contributed by atoms with Gasteiger partial charge in [0, 0.05) is 20.6 Å². The summed E-state index contributed by atoms with van der Waals surface area (Å²) in [6.45, 7) is 0.375. The lowest BCUT2D eigenvalue weighted by Gasteiger charge is -2.12. The van der Waals surface area contributed by atoms with Crippen LogP contribution in [0.3, 0.4) is 0 Å². The van der Waals surface area contributed by atoms with E-state index in [4.69, 9.17) is 4.74 Å². The number of urea groups is 1. The summed E-state index contributed by atoms with van der Waals surface area (Å²) < 4.78 is 5.20. The number of amides is 3. The van der Waals surface area contributed by atoms with Crippen molar-refractivity contribution in [1.29, 1.82) is 0 Å². The minimum absolute atomic E-state index is 0.0175. The van der Waals surface area contributed by atoms with Crippen molar-refractivity contribution in [2.45, 2.75) is 6.54 Å². The first-order valence-electron chi connectivity index (χ1n) is 7.28. The van der Waals surface area contributed by atoms with E-state index in [2.05, 4.69) is 10.6 Å². The van der Waals surface area contributed by atoms with Crippen LogP contribution in [0.25, 0.3) is 10.8 Å². The first-order valence-corrected chi connectivity index (χ1v) is 7.28. The number of fused-ring (bicyclic) bond motifs is 1. The molecule has 122 valence electrons. The summed E-state index contributed by atoms with van der Waals surface area (Å²) in [6, 6.07) is 11.4. The van der Waals surface area contributed by atoms with Crippen LogP contribution in [0.1, 0.15) is 5.56 Å². The maximum atomic E-state index is 11.7. The smallest absolute Gasteiger partial charge is 0.315 e. The van der Waals surface area contributed by atoms with Gasteiger partial charge in [-0.3, -0.25) is 4.79 Å². The second kappa shape index (κ2) is 7.49. The maximum Gasteiger partial charge on any atom is 0.315 e. The number of carbonyl (C=O) groups is 2. The number of rotatable bonds is 5. The van der Waals surface area contributed by atoms with Crippen LogP contribution in [-0.4, -0.2) is 44.6 Å². The third-order valence-corrected chi connectivity index (χ3v) is 3.46. The molecule has 2 aromatic carbocycles. The summed E-state index contributed by atoms with van der Waals surface area (Å²) in [7, 11) is 4.93.